The van der Waals surface area contributed by atoms with Gasteiger partial charge in [0.1, 0.15) is 0 Å². The van der Waals surface area contributed by atoms with Crippen molar-refractivity contribution in [1.82, 2.24) is 4.31 Å². The van der Waals surface area contributed by atoms with E-state index in [1.165, 1.54) is 21.7 Å². The third-order valence-corrected chi connectivity index (χ3v) is 4.90. The molecule has 2 aromatic rings. The van der Waals surface area contributed by atoms with Gasteiger partial charge in [0.2, 0.25) is 10.0 Å². The molecule has 0 saturated heterocycles. The molecular weight excluding hydrogens is 294 g/mol. The third kappa shape index (κ3) is 4.68. The van der Waals surface area contributed by atoms with E-state index in [9.17, 15) is 8.42 Å². The molecule has 22 heavy (non-hydrogen) atoms. The van der Waals surface area contributed by atoms with E-state index in [1.54, 1.807) is 0 Å². The van der Waals surface area contributed by atoms with Crippen LogP contribution in [0.2, 0.25) is 0 Å². The number of aryl methyl sites for hydroxylation is 2. The minimum absolute atomic E-state index is 0.398. The molecule has 0 radical (unpaired) electrons. The van der Waals surface area contributed by atoms with E-state index in [2.05, 4.69) is 19.1 Å². The van der Waals surface area contributed by atoms with Crippen LogP contribution in [0.25, 0.3) is 0 Å². The molecule has 0 heterocycles. The maximum absolute atomic E-state index is 12.1. The smallest absolute Gasteiger partial charge is 0.211 e. The molecule has 0 aliphatic heterocycles. The summed E-state index contributed by atoms with van der Waals surface area (Å²) >= 11 is 0. The highest BCUT2D eigenvalue weighted by molar-refractivity contribution is 7.88. The van der Waals surface area contributed by atoms with Crippen LogP contribution in [0.4, 0.5) is 0 Å². The molecular formula is C18H23NO2S. The first-order valence-corrected chi connectivity index (χ1v) is 9.32. The van der Waals surface area contributed by atoms with E-state index in [0.717, 1.165) is 17.5 Å². The zero-order valence-electron chi connectivity index (χ0n) is 13.4. The van der Waals surface area contributed by atoms with Crippen molar-refractivity contribution in [1.29, 1.82) is 0 Å². The zero-order valence-corrected chi connectivity index (χ0v) is 14.2. The molecule has 0 spiro atoms. The standard InChI is InChI=1S/C18H23NO2S/c1-4-16-6-5-7-18(12-16)14-19(22(3,20)21)13-17-10-8-15(2)9-11-17/h5-12H,4,13-14H2,1-3H3. The van der Waals surface area contributed by atoms with Crippen LogP contribution < -0.4 is 0 Å². The van der Waals surface area contributed by atoms with Crippen LogP contribution in [0, 0.1) is 6.92 Å². The minimum atomic E-state index is -3.26. The lowest BCUT2D eigenvalue weighted by atomic mass is 10.1. The van der Waals surface area contributed by atoms with Gasteiger partial charge in [-0.1, -0.05) is 61.0 Å². The molecule has 0 bridgehead atoms. The van der Waals surface area contributed by atoms with Gasteiger partial charge in [0.25, 0.3) is 0 Å². The van der Waals surface area contributed by atoms with Gasteiger partial charge in [0.15, 0.2) is 0 Å². The van der Waals surface area contributed by atoms with E-state index in [0.29, 0.717) is 13.1 Å². The topological polar surface area (TPSA) is 37.4 Å². The highest BCUT2D eigenvalue weighted by Crippen LogP contribution is 2.15. The Balaban J connectivity index is 2.21. The summed E-state index contributed by atoms with van der Waals surface area (Å²) in [6.07, 6.45) is 2.22. The van der Waals surface area contributed by atoms with Crippen molar-refractivity contribution in [3.63, 3.8) is 0 Å². The number of benzene rings is 2. The number of rotatable bonds is 6. The second kappa shape index (κ2) is 7.07. The summed E-state index contributed by atoms with van der Waals surface area (Å²) in [6, 6.07) is 16.1. The maximum atomic E-state index is 12.1. The Labute approximate surface area is 133 Å². The average molecular weight is 317 g/mol. The van der Waals surface area contributed by atoms with Gasteiger partial charge in [-0.15, -0.1) is 0 Å². The van der Waals surface area contributed by atoms with Crippen LogP contribution in [0.5, 0.6) is 0 Å². The number of hydrogen-bond donors (Lipinski definition) is 0. The first kappa shape index (κ1) is 16.7. The fourth-order valence-electron chi connectivity index (χ4n) is 2.34. The molecule has 118 valence electrons. The van der Waals surface area contributed by atoms with Crippen LogP contribution in [0.3, 0.4) is 0 Å². The van der Waals surface area contributed by atoms with Crippen LogP contribution in [-0.4, -0.2) is 19.0 Å². The van der Waals surface area contributed by atoms with Crippen LogP contribution in [0.1, 0.15) is 29.2 Å². The highest BCUT2D eigenvalue weighted by atomic mass is 32.2. The van der Waals surface area contributed by atoms with Crippen molar-refractivity contribution in [3.05, 3.63) is 70.8 Å². The Morgan fingerprint density at radius 2 is 1.50 bits per heavy atom. The molecule has 0 fully saturated rings. The summed E-state index contributed by atoms with van der Waals surface area (Å²) in [4.78, 5) is 0. The lowest BCUT2D eigenvalue weighted by Gasteiger charge is -2.20. The van der Waals surface area contributed by atoms with Crippen molar-refractivity contribution in [2.24, 2.45) is 0 Å². The lowest BCUT2D eigenvalue weighted by Crippen LogP contribution is -2.29. The van der Waals surface area contributed by atoms with Crippen molar-refractivity contribution < 1.29 is 8.42 Å². The normalized spacial score (nSPS) is 11.8. The van der Waals surface area contributed by atoms with Crippen molar-refractivity contribution in [2.75, 3.05) is 6.26 Å². The van der Waals surface area contributed by atoms with Gasteiger partial charge in [0, 0.05) is 13.1 Å². The van der Waals surface area contributed by atoms with E-state index < -0.39 is 10.0 Å². The fraction of sp³-hybridized carbons (Fsp3) is 0.333. The van der Waals surface area contributed by atoms with Crippen molar-refractivity contribution in [2.45, 2.75) is 33.4 Å². The second-order valence-corrected chi connectivity index (χ2v) is 7.67. The summed E-state index contributed by atoms with van der Waals surface area (Å²) in [5.74, 6) is 0. The molecule has 2 rings (SSSR count). The molecule has 2 aromatic carbocycles. The quantitative estimate of drug-likeness (QED) is 0.817. The molecule has 0 amide bonds. The van der Waals surface area contributed by atoms with E-state index in [4.69, 9.17) is 0 Å². The summed E-state index contributed by atoms with van der Waals surface area (Å²) < 4.78 is 25.7. The highest BCUT2D eigenvalue weighted by Gasteiger charge is 2.17. The predicted molar refractivity (Wildman–Crippen MR) is 91.1 cm³/mol. The molecule has 0 aromatic heterocycles. The SMILES string of the molecule is CCc1cccc(CN(Cc2ccc(C)cc2)S(C)(=O)=O)c1. The number of hydrogen-bond acceptors (Lipinski definition) is 2. The molecule has 0 aliphatic rings. The summed E-state index contributed by atoms with van der Waals surface area (Å²) in [5, 5.41) is 0. The van der Waals surface area contributed by atoms with Crippen LogP contribution in [-0.2, 0) is 29.5 Å². The van der Waals surface area contributed by atoms with Gasteiger partial charge in [-0.05, 0) is 30.0 Å². The average Bonchev–Trinajstić information content (AvgIpc) is 2.48. The summed E-state index contributed by atoms with van der Waals surface area (Å²) in [6.45, 7) is 4.92. The van der Waals surface area contributed by atoms with E-state index >= 15 is 0 Å². The van der Waals surface area contributed by atoms with Gasteiger partial charge in [0.05, 0.1) is 6.26 Å². The first-order valence-electron chi connectivity index (χ1n) is 7.47. The van der Waals surface area contributed by atoms with Crippen molar-refractivity contribution >= 4 is 10.0 Å². The first-order chi connectivity index (χ1) is 10.4. The zero-order chi connectivity index (χ0) is 16.2. The van der Waals surface area contributed by atoms with Crippen LogP contribution in [0.15, 0.2) is 48.5 Å². The number of sulfonamides is 1. The van der Waals surface area contributed by atoms with Gasteiger partial charge < -0.3 is 0 Å². The summed E-state index contributed by atoms with van der Waals surface area (Å²) in [7, 11) is -3.26. The van der Waals surface area contributed by atoms with Crippen molar-refractivity contribution in [3.8, 4) is 0 Å². The molecule has 0 N–H and O–H groups in total. The molecule has 0 aliphatic carbocycles. The Morgan fingerprint density at radius 3 is 2.09 bits per heavy atom. The van der Waals surface area contributed by atoms with Crippen LogP contribution >= 0.6 is 0 Å². The minimum Gasteiger partial charge on any atom is -0.212 e. The van der Waals surface area contributed by atoms with Gasteiger partial charge >= 0.3 is 0 Å². The van der Waals surface area contributed by atoms with E-state index in [1.807, 2.05) is 43.3 Å². The van der Waals surface area contributed by atoms with Gasteiger partial charge in [-0.25, -0.2) is 8.42 Å². The monoisotopic (exact) mass is 317 g/mol. The Hall–Kier alpha value is -1.65. The fourth-order valence-corrected chi connectivity index (χ4v) is 3.11. The lowest BCUT2D eigenvalue weighted by molar-refractivity contribution is 0.405. The summed E-state index contributed by atoms with van der Waals surface area (Å²) in [5.41, 5.74) is 4.42. The maximum Gasteiger partial charge on any atom is 0.211 e. The molecule has 4 heteroatoms. The van der Waals surface area contributed by atoms with Gasteiger partial charge in [-0.2, -0.15) is 4.31 Å². The molecule has 3 nitrogen and oxygen atoms in total. The van der Waals surface area contributed by atoms with E-state index in [-0.39, 0.29) is 0 Å². The Kier molecular flexibility index (Phi) is 5.37. The van der Waals surface area contributed by atoms with Gasteiger partial charge in [-0.3, -0.25) is 0 Å². The predicted octanol–water partition coefficient (Wildman–Crippen LogP) is 3.52. The molecule has 0 atom stereocenters. The second-order valence-electron chi connectivity index (χ2n) is 5.69. The number of nitrogens with zero attached hydrogens (tertiary/aromatic N) is 1. The Bertz CT molecular complexity index is 721. The largest absolute Gasteiger partial charge is 0.212 e. The third-order valence-electron chi connectivity index (χ3n) is 3.71. The Morgan fingerprint density at radius 1 is 0.909 bits per heavy atom. The molecule has 0 saturated carbocycles. The molecule has 0 unspecified atom stereocenters.